The standard InChI is InChI=1S/C3H9N.ClH.HI/c1-4(2)3;;/h1-3H3;2*1H. The molecule has 6 heavy (non-hydrogen) atoms. The van der Waals surface area contributed by atoms with Crippen molar-refractivity contribution < 1.29 is 17.3 Å². The number of halogens is 2. The second-order valence-electron chi connectivity index (χ2n) is 1.50. The molecule has 0 aliphatic rings. The maximum Gasteiger partial charge on any atom is 0.0661 e. The van der Waals surface area contributed by atoms with Crippen molar-refractivity contribution >= 4 is 24.0 Å². The molecular weight excluding hydrogens is 212 g/mol. The summed E-state index contributed by atoms with van der Waals surface area (Å²) < 4.78 is 0. The van der Waals surface area contributed by atoms with Crippen molar-refractivity contribution in [2.75, 3.05) is 21.1 Å². The molecule has 0 aromatic heterocycles. The topological polar surface area (TPSA) is 4.44 Å². The average molecular weight is 223 g/mol. The lowest BCUT2D eigenvalue weighted by Gasteiger charge is -1.88. The molecule has 0 heterocycles. The number of hydrogen-bond acceptors (Lipinski definition) is 0. The van der Waals surface area contributed by atoms with E-state index >= 15 is 0 Å². The monoisotopic (exact) mass is 223 g/mol. The van der Waals surface area contributed by atoms with Crippen LogP contribution in [0.15, 0.2) is 0 Å². The van der Waals surface area contributed by atoms with Crippen LogP contribution in [0, 0.1) is 0 Å². The van der Waals surface area contributed by atoms with E-state index < -0.39 is 0 Å². The molecule has 0 fully saturated rings. The van der Waals surface area contributed by atoms with E-state index in [1.165, 1.54) is 4.90 Å². The van der Waals surface area contributed by atoms with E-state index in [-0.39, 0.29) is 36.4 Å². The summed E-state index contributed by atoms with van der Waals surface area (Å²) >= 11 is 0. The van der Waals surface area contributed by atoms with Crippen LogP contribution in [0.4, 0.5) is 0 Å². The Labute approximate surface area is 62.5 Å². The quantitative estimate of drug-likeness (QED) is 0.405. The largest absolute Gasteiger partial charge is 1.00 e. The molecule has 0 atom stereocenters. The van der Waals surface area contributed by atoms with E-state index in [4.69, 9.17) is 0 Å². The molecule has 0 amide bonds. The molecule has 0 saturated carbocycles. The van der Waals surface area contributed by atoms with Crippen molar-refractivity contribution in [2.45, 2.75) is 0 Å². The van der Waals surface area contributed by atoms with Crippen LogP contribution >= 0.6 is 24.0 Å². The second-order valence-corrected chi connectivity index (χ2v) is 1.50. The Hall–Kier alpha value is 0.980. The first-order valence-electron chi connectivity index (χ1n) is 1.50. The summed E-state index contributed by atoms with van der Waals surface area (Å²) in [6.45, 7) is 0. The van der Waals surface area contributed by atoms with Crippen molar-refractivity contribution in [1.82, 2.24) is 0 Å². The molecule has 0 aliphatic heterocycles. The van der Waals surface area contributed by atoms with Gasteiger partial charge in [0.05, 0.1) is 21.1 Å². The van der Waals surface area contributed by atoms with Crippen molar-refractivity contribution in [1.29, 1.82) is 0 Å². The predicted octanol–water partition coefficient (Wildman–Crippen LogP) is -3.62. The Morgan fingerprint density at radius 1 is 1.00 bits per heavy atom. The molecule has 0 saturated heterocycles. The van der Waals surface area contributed by atoms with E-state index in [2.05, 4.69) is 21.1 Å². The van der Waals surface area contributed by atoms with Gasteiger partial charge in [0, 0.05) is 0 Å². The zero-order chi connectivity index (χ0) is 3.58. The molecule has 0 unspecified atom stereocenters. The van der Waals surface area contributed by atoms with Gasteiger partial charge < -0.3 is 17.3 Å². The molecular formula is C3H11ClIN. The number of hydrogen-bond donors (Lipinski definition) is 1. The lowest BCUT2D eigenvalue weighted by atomic mass is 11.0. The van der Waals surface area contributed by atoms with Crippen molar-refractivity contribution in [3.05, 3.63) is 0 Å². The van der Waals surface area contributed by atoms with Gasteiger partial charge in [-0.15, -0.1) is 24.0 Å². The maximum absolute atomic E-state index is 2.08. The summed E-state index contributed by atoms with van der Waals surface area (Å²) in [5.74, 6) is 0. The third kappa shape index (κ3) is 82.1. The van der Waals surface area contributed by atoms with Gasteiger partial charge in [0.2, 0.25) is 0 Å². The van der Waals surface area contributed by atoms with Gasteiger partial charge in [0.15, 0.2) is 0 Å². The fourth-order valence-corrected chi connectivity index (χ4v) is 0. The molecule has 0 spiro atoms. The molecule has 1 nitrogen and oxygen atoms in total. The summed E-state index contributed by atoms with van der Waals surface area (Å²) in [5.41, 5.74) is 0. The first-order chi connectivity index (χ1) is 1.73. The summed E-state index contributed by atoms with van der Waals surface area (Å²) in [4.78, 5) is 1.42. The Kier molecular flexibility index (Phi) is 24.6. The van der Waals surface area contributed by atoms with E-state index in [9.17, 15) is 0 Å². The van der Waals surface area contributed by atoms with Gasteiger partial charge in [-0.2, -0.15) is 0 Å². The van der Waals surface area contributed by atoms with E-state index in [1.54, 1.807) is 0 Å². The molecule has 1 N–H and O–H groups in total. The zero-order valence-electron chi connectivity index (χ0n) is 4.29. The van der Waals surface area contributed by atoms with Crippen molar-refractivity contribution in [2.24, 2.45) is 0 Å². The number of nitrogens with one attached hydrogen (secondary N) is 1. The zero-order valence-corrected chi connectivity index (χ0v) is 7.37. The molecule has 0 radical (unpaired) electrons. The minimum Gasteiger partial charge on any atom is -1.00 e. The van der Waals surface area contributed by atoms with Gasteiger partial charge >= 0.3 is 0 Å². The Bertz CT molecular complexity index is 15.5. The Morgan fingerprint density at radius 3 is 1.00 bits per heavy atom. The van der Waals surface area contributed by atoms with Crippen LogP contribution in [0.1, 0.15) is 0 Å². The molecule has 0 bridgehead atoms. The Morgan fingerprint density at radius 2 is 1.00 bits per heavy atom. The van der Waals surface area contributed by atoms with Gasteiger partial charge in [-0.25, -0.2) is 0 Å². The normalized spacial score (nSPS) is 6.00. The van der Waals surface area contributed by atoms with Crippen LogP contribution in [0.5, 0.6) is 0 Å². The van der Waals surface area contributed by atoms with Crippen LogP contribution in [0.3, 0.4) is 0 Å². The van der Waals surface area contributed by atoms with Gasteiger partial charge in [-0.05, 0) is 0 Å². The van der Waals surface area contributed by atoms with Crippen LogP contribution in [0.2, 0.25) is 0 Å². The minimum absolute atomic E-state index is 0. The van der Waals surface area contributed by atoms with Crippen LogP contribution in [-0.4, -0.2) is 21.1 Å². The highest BCUT2D eigenvalue weighted by molar-refractivity contribution is 14.0. The molecule has 0 aromatic rings. The van der Waals surface area contributed by atoms with Crippen LogP contribution in [-0.2, 0) is 0 Å². The summed E-state index contributed by atoms with van der Waals surface area (Å²) in [6, 6.07) is 0. The van der Waals surface area contributed by atoms with E-state index in [1.807, 2.05) is 0 Å². The van der Waals surface area contributed by atoms with Gasteiger partial charge in [-0.3, -0.25) is 0 Å². The van der Waals surface area contributed by atoms with Crippen LogP contribution < -0.4 is 17.3 Å². The summed E-state index contributed by atoms with van der Waals surface area (Å²) in [7, 11) is 6.25. The van der Waals surface area contributed by atoms with Gasteiger partial charge in [0.1, 0.15) is 0 Å². The number of rotatable bonds is 0. The first kappa shape index (κ1) is 15.8. The second kappa shape index (κ2) is 9.36. The Balaban J connectivity index is -0.0000000450. The van der Waals surface area contributed by atoms with Crippen LogP contribution in [0.25, 0.3) is 0 Å². The molecule has 3 heteroatoms. The lowest BCUT2D eigenvalue weighted by Crippen LogP contribution is -3.02. The smallest absolute Gasteiger partial charge is 0.0661 e. The van der Waals surface area contributed by atoms with Gasteiger partial charge in [0.25, 0.3) is 0 Å². The summed E-state index contributed by atoms with van der Waals surface area (Å²) in [6.07, 6.45) is 0. The summed E-state index contributed by atoms with van der Waals surface area (Å²) in [5, 5.41) is 0. The highest BCUT2D eigenvalue weighted by Crippen LogP contribution is 0.886. The van der Waals surface area contributed by atoms with Gasteiger partial charge in [-0.1, -0.05) is 0 Å². The highest BCUT2D eigenvalue weighted by atomic mass is 127. The van der Waals surface area contributed by atoms with E-state index in [0.29, 0.717) is 0 Å². The third-order valence-corrected chi connectivity index (χ3v) is 0. The molecule has 42 valence electrons. The van der Waals surface area contributed by atoms with Crippen molar-refractivity contribution in [3.8, 4) is 0 Å². The lowest BCUT2D eigenvalue weighted by molar-refractivity contribution is -0.836. The van der Waals surface area contributed by atoms with E-state index in [0.717, 1.165) is 0 Å². The first-order valence-corrected chi connectivity index (χ1v) is 1.50. The third-order valence-electron chi connectivity index (χ3n) is 0. The minimum atomic E-state index is 0. The predicted molar refractivity (Wildman–Crippen MR) is 34.1 cm³/mol. The molecule has 0 aromatic carbocycles. The fourth-order valence-electron chi connectivity index (χ4n) is 0. The highest BCUT2D eigenvalue weighted by Gasteiger charge is 1.61. The number of quaternary nitrogens is 1. The van der Waals surface area contributed by atoms with Crippen molar-refractivity contribution in [3.63, 3.8) is 0 Å². The fraction of sp³-hybridized carbons (Fsp3) is 1.00. The molecule has 0 rings (SSSR count). The maximum atomic E-state index is 2.08. The average Bonchev–Trinajstić information content (AvgIpc) is 0.811. The SMILES string of the molecule is C[NH+](C)C.I.[Cl-]. The molecule has 0 aliphatic carbocycles.